The molecule has 0 aliphatic heterocycles. The van der Waals surface area contributed by atoms with E-state index in [0.29, 0.717) is 5.95 Å². The van der Waals surface area contributed by atoms with Gasteiger partial charge in [-0.05, 0) is 115 Å². The summed E-state index contributed by atoms with van der Waals surface area (Å²) in [4.78, 5) is 13.4. The van der Waals surface area contributed by atoms with Gasteiger partial charge in [-0.3, -0.25) is 4.57 Å². The number of aromatic nitrogens is 3. The Kier molecular flexibility index (Phi) is 9.76. The van der Waals surface area contributed by atoms with Crippen molar-refractivity contribution in [3.8, 4) is 61.8 Å². The Morgan fingerprint density at radius 3 is 1.49 bits per heavy atom. The fourth-order valence-electron chi connectivity index (χ4n) is 13.6. The standard InChI is InChI=1S/C75H46N4S/c1-4-19-47(20-5-1)48-35-38-52(39-36-48)78(53-40-41-58-57-29-14-17-33-63(57)75(64(58)45-53)61-31-15-12-27-55(61)56-28-13-16-32-62(56)75)69-34-18-30-59-60-42-44-68-71(73(60)80-72(59)69)70-54-26-11-10-21-49(54)37-43-67(70)79(68)74-76-65(50-22-6-2-7-23-50)46-66(77-74)51-24-8-3-9-25-51/h1-46H. The lowest BCUT2D eigenvalue weighted by Gasteiger charge is -2.32. The normalized spacial score (nSPS) is 12.8. The number of fused-ring (bicyclic) bond motifs is 19. The van der Waals surface area contributed by atoms with Crippen LogP contribution < -0.4 is 4.90 Å². The van der Waals surface area contributed by atoms with Crippen LogP contribution in [0.1, 0.15) is 22.3 Å². The predicted octanol–water partition coefficient (Wildman–Crippen LogP) is 19.9. The molecular formula is C75H46N4S. The van der Waals surface area contributed by atoms with E-state index < -0.39 is 5.41 Å². The number of thiophene rings is 1. The summed E-state index contributed by atoms with van der Waals surface area (Å²) in [5, 5.41) is 7.22. The fraction of sp³-hybridized carbons (Fsp3) is 0.0133. The van der Waals surface area contributed by atoms with E-state index in [2.05, 4.69) is 289 Å². The second-order valence-electron chi connectivity index (χ2n) is 21.1. The molecule has 0 bridgehead atoms. The Bertz CT molecular complexity index is 4880. The van der Waals surface area contributed by atoms with Crippen molar-refractivity contribution in [2.75, 3.05) is 4.90 Å². The van der Waals surface area contributed by atoms with Gasteiger partial charge in [0.05, 0.1) is 38.2 Å². The minimum atomic E-state index is -0.490. The number of hydrogen-bond donors (Lipinski definition) is 0. The Hall–Kier alpha value is -10.2. The van der Waals surface area contributed by atoms with Gasteiger partial charge in [-0.1, -0.05) is 231 Å². The number of anilines is 3. The summed E-state index contributed by atoms with van der Waals surface area (Å²) in [7, 11) is 0. The molecule has 17 rings (SSSR count). The quantitative estimate of drug-likeness (QED) is 0.160. The molecule has 0 N–H and O–H groups in total. The molecule has 0 amide bonds. The van der Waals surface area contributed by atoms with Gasteiger partial charge in [0.1, 0.15) is 0 Å². The van der Waals surface area contributed by atoms with Crippen LogP contribution in [0.2, 0.25) is 0 Å². The lowest BCUT2D eigenvalue weighted by atomic mass is 9.70. The third-order valence-corrected chi connectivity index (χ3v) is 18.3. The highest BCUT2D eigenvalue weighted by molar-refractivity contribution is 7.27. The summed E-state index contributed by atoms with van der Waals surface area (Å²) >= 11 is 1.89. The van der Waals surface area contributed by atoms with Crippen molar-refractivity contribution in [1.29, 1.82) is 0 Å². The number of benzene rings is 12. The zero-order valence-corrected chi connectivity index (χ0v) is 44.1. The van der Waals surface area contributed by atoms with E-state index in [4.69, 9.17) is 9.97 Å². The van der Waals surface area contributed by atoms with Crippen LogP contribution in [0.5, 0.6) is 0 Å². The van der Waals surface area contributed by atoms with Crippen molar-refractivity contribution in [3.63, 3.8) is 0 Å². The van der Waals surface area contributed by atoms with E-state index in [1.165, 1.54) is 97.4 Å². The summed E-state index contributed by atoms with van der Waals surface area (Å²) in [5.74, 6) is 0.635. The highest BCUT2D eigenvalue weighted by Crippen LogP contribution is 2.63. The zero-order valence-electron chi connectivity index (χ0n) is 43.3. The summed E-state index contributed by atoms with van der Waals surface area (Å²) in [6, 6.07) is 102. The van der Waals surface area contributed by atoms with Crippen molar-refractivity contribution in [1.82, 2.24) is 14.5 Å². The van der Waals surface area contributed by atoms with Crippen LogP contribution in [-0.4, -0.2) is 14.5 Å². The minimum absolute atomic E-state index is 0.490. The van der Waals surface area contributed by atoms with Crippen LogP contribution in [-0.2, 0) is 5.41 Å². The third kappa shape index (κ3) is 6.44. The molecule has 2 aliphatic carbocycles. The first-order valence-corrected chi connectivity index (χ1v) is 28.2. The van der Waals surface area contributed by atoms with E-state index >= 15 is 0 Å². The zero-order chi connectivity index (χ0) is 52.5. The van der Waals surface area contributed by atoms with Crippen LogP contribution in [0.25, 0.3) is 115 Å². The van der Waals surface area contributed by atoms with Gasteiger partial charge in [0, 0.05) is 48.7 Å². The van der Waals surface area contributed by atoms with Gasteiger partial charge in [0.25, 0.3) is 0 Å². The van der Waals surface area contributed by atoms with Crippen LogP contribution in [0.3, 0.4) is 0 Å². The molecule has 15 aromatic rings. The molecule has 0 atom stereocenters. The van der Waals surface area contributed by atoms with Gasteiger partial charge in [-0.2, -0.15) is 0 Å². The maximum atomic E-state index is 5.44. The molecular weight excluding hydrogens is 989 g/mol. The SMILES string of the molecule is c1ccc(-c2ccc(N(c3ccc4c(c3)C3(c5ccccc5-c5ccccc53)c3ccccc3-4)c3cccc4c3sc3c4ccc4c3c3c5ccccc5ccc3n4-c3nc(-c4ccccc4)cc(-c4ccccc4)n3)cc2)cc1. The largest absolute Gasteiger partial charge is 0.309 e. The number of nitrogens with zero attached hydrogens (tertiary/aromatic N) is 4. The van der Waals surface area contributed by atoms with Gasteiger partial charge in [-0.25, -0.2) is 9.97 Å². The van der Waals surface area contributed by atoms with E-state index in [1.807, 2.05) is 11.3 Å². The average Bonchev–Trinajstić information content (AvgIpc) is 4.44. The topological polar surface area (TPSA) is 34.0 Å². The summed E-state index contributed by atoms with van der Waals surface area (Å²) in [5.41, 5.74) is 21.6. The molecule has 3 aromatic heterocycles. The molecule has 0 radical (unpaired) electrons. The van der Waals surface area contributed by atoms with Crippen LogP contribution in [0, 0.1) is 0 Å². The van der Waals surface area contributed by atoms with Gasteiger partial charge < -0.3 is 4.90 Å². The number of rotatable bonds is 7. The van der Waals surface area contributed by atoms with E-state index in [9.17, 15) is 0 Å². The Morgan fingerprint density at radius 2 is 0.838 bits per heavy atom. The van der Waals surface area contributed by atoms with Crippen molar-refractivity contribution in [3.05, 3.63) is 301 Å². The lowest BCUT2D eigenvalue weighted by molar-refractivity contribution is 0.793. The molecule has 2 aliphatic rings. The summed E-state index contributed by atoms with van der Waals surface area (Å²) in [6.07, 6.45) is 0. The average molecular weight is 1040 g/mol. The molecule has 0 saturated heterocycles. The fourth-order valence-corrected chi connectivity index (χ4v) is 15.0. The molecule has 0 saturated carbocycles. The Balaban J connectivity index is 0.930. The molecule has 0 unspecified atom stereocenters. The molecule has 372 valence electrons. The van der Waals surface area contributed by atoms with Gasteiger partial charge in [-0.15, -0.1) is 11.3 Å². The van der Waals surface area contributed by atoms with Gasteiger partial charge in [0.2, 0.25) is 5.95 Å². The van der Waals surface area contributed by atoms with Crippen LogP contribution in [0.15, 0.2) is 279 Å². The van der Waals surface area contributed by atoms with E-state index in [-0.39, 0.29) is 0 Å². The Labute approximate surface area is 466 Å². The summed E-state index contributed by atoms with van der Waals surface area (Å²) < 4.78 is 4.75. The van der Waals surface area contributed by atoms with Gasteiger partial charge >= 0.3 is 0 Å². The van der Waals surface area contributed by atoms with Crippen molar-refractivity contribution in [2.24, 2.45) is 0 Å². The second-order valence-corrected chi connectivity index (χ2v) is 22.2. The maximum Gasteiger partial charge on any atom is 0.235 e. The highest BCUT2D eigenvalue weighted by atomic mass is 32.1. The molecule has 12 aromatic carbocycles. The maximum absolute atomic E-state index is 5.44. The van der Waals surface area contributed by atoms with Crippen molar-refractivity contribution >= 4 is 81.1 Å². The first-order chi connectivity index (χ1) is 39.7. The highest BCUT2D eigenvalue weighted by Gasteiger charge is 2.51. The van der Waals surface area contributed by atoms with Gasteiger partial charge in [0.15, 0.2) is 0 Å². The van der Waals surface area contributed by atoms with Crippen molar-refractivity contribution < 1.29 is 0 Å². The third-order valence-electron chi connectivity index (χ3n) is 17.0. The minimum Gasteiger partial charge on any atom is -0.309 e. The first kappa shape index (κ1) is 44.9. The molecule has 1 spiro atoms. The predicted molar refractivity (Wildman–Crippen MR) is 334 cm³/mol. The number of hydrogen-bond acceptors (Lipinski definition) is 4. The summed E-state index contributed by atoms with van der Waals surface area (Å²) in [6.45, 7) is 0. The monoisotopic (exact) mass is 1030 g/mol. The van der Waals surface area contributed by atoms with E-state index in [1.54, 1.807) is 0 Å². The first-order valence-electron chi connectivity index (χ1n) is 27.4. The molecule has 5 heteroatoms. The molecule has 4 nitrogen and oxygen atoms in total. The Morgan fingerprint density at radius 1 is 0.338 bits per heavy atom. The van der Waals surface area contributed by atoms with Crippen LogP contribution in [0.4, 0.5) is 17.1 Å². The van der Waals surface area contributed by atoms with E-state index in [0.717, 1.165) is 50.6 Å². The van der Waals surface area contributed by atoms with Crippen LogP contribution >= 0.6 is 11.3 Å². The second kappa shape index (κ2) is 17.4. The lowest BCUT2D eigenvalue weighted by Crippen LogP contribution is -2.26. The van der Waals surface area contributed by atoms with Crippen molar-refractivity contribution in [2.45, 2.75) is 5.41 Å². The molecule has 80 heavy (non-hydrogen) atoms. The molecule has 0 fully saturated rings. The molecule has 3 heterocycles. The smallest absolute Gasteiger partial charge is 0.235 e.